The molecule has 1 N–H and O–H groups in total. The summed E-state index contributed by atoms with van der Waals surface area (Å²) >= 11 is 0. The summed E-state index contributed by atoms with van der Waals surface area (Å²) < 4.78 is 0. The summed E-state index contributed by atoms with van der Waals surface area (Å²) in [6, 6.07) is 19.3. The lowest BCUT2D eigenvalue weighted by Gasteiger charge is -2.23. The Morgan fingerprint density at radius 3 is 1.96 bits per heavy atom. The number of carbonyl (C=O) groups is 1. The Balaban J connectivity index is 2.02. The fraction of sp³-hybridized carbons (Fsp3) is 0.318. The van der Waals surface area contributed by atoms with Crippen LogP contribution in [0.1, 0.15) is 33.3 Å². The smallest absolute Gasteiger partial charge is 0.225 e. The highest BCUT2D eigenvalue weighted by molar-refractivity contribution is 6.02. The highest BCUT2D eigenvalue weighted by Gasteiger charge is 2.23. The van der Waals surface area contributed by atoms with Crippen LogP contribution in [-0.4, -0.2) is 11.9 Å². The van der Waals surface area contributed by atoms with Gasteiger partial charge in [-0.15, -0.1) is 0 Å². The van der Waals surface area contributed by atoms with E-state index in [9.17, 15) is 4.79 Å². The zero-order chi connectivity index (χ0) is 17.3. The van der Waals surface area contributed by atoms with E-state index in [1.54, 1.807) is 0 Å². The van der Waals surface area contributed by atoms with Crippen molar-refractivity contribution >= 4 is 27.5 Å². The molecule has 3 aromatic rings. The minimum absolute atomic E-state index is 0.0888. The summed E-state index contributed by atoms with van der Waals surface area (Å²) in [5.74, 6) is 0.0968. The molecule has 3 rings (SSSR count). The fourth-order valence-electron chi connectivity index (χ4n) is 3.13. The van der Waals surface area contributed by atoms with E-state index in [2.05, 4.69) is 66.8 Å². The Hall–Kier alpha value is -2.35. The molecule has 0 aliphatic carbocycles. The lowest BCUT2D eigenvalue weighted by Crippen LogP contribution is -2.41. The maximum Gasteiger partial charge on any atom is 0.225 e. The molecule has 1 unspecified atom stereocenters. The lowest BCUT2D eigenvalue weighted by molar-refractivity contribution is -0.129. The Morgan fingerprint density at radius 1 is 0.958 bits per heavy atom. The molecule has 0 aromatic heterocycles. The SMILES string of the molecule is CC(Cc1c2ccccc2cc2ccccc12)NC(=O)C(C)(C)C. The highest BCUT2D eigenvalue weighted by atomic mass is 16.2. The van der Waals surface area contributed by atoms with Crippen molar-refractivity contribution in [3.63, 3.8) is 0 Å². The van der Waals surface area contributed by atoms with Crippen molar-refractivity contribution in [3.05, 3.63) is 60.2 Å². The Bertz CT molecular complexity index is 835. The van der Waals surface area contributed by atoms with Crippen molar-refractivity contribution in [1.29, 1.82) is 0 Å². The van der Waals surface area contributed by atoms with E-state index in [0.29, 0.717) is 0 Å². The Morgan fingerprint density at radius 2 is 1.46 bits per heavy atom. The van der Waals surface area contributed by atoms with Crippen LogP contribution in [0.4, 0.5) is 0 Å². The maximum atomic E-state index is 12.3. The third-order valence-corrected chi connectivity index (χ3v) is 4.45. The number of amides is 1. The predicted molar refractivity (Wildman–Crippen MR) is 102 cm³/mol. The first-order chi connectivity index (χ1) is 11.4. The minimum Gasteiger partial charge on any atom is -0.353 e. The topological polar surface area (TPSA) is 29.1 Å². The first-order valence-corrected chi connectivity index (χ1v) is 8.56. The summed E-state index contributed by atoms with van der Waals surface area (Å²) in [4.78, 5) is 12.3. The molecule has 1 amide bonds. The van der Waals surface area contributed by atoms with Crippen LogP contribution in [-0.2, 0) is 11.2 Å². The number of fused-ring (bicyclic) bond motifs is 2. The maximum absolute atomic E-state index is 12.3. The lowest BCUT2D eigenvalue weighted by atomic mass is 9.91. The standard InChI is InChI=1S/C22H25NO/c1-15(23-21(24)22(2,3)4)13-20-18-11-7-5-9-16(18)14-17-10-6-8-12-19(17)20/h5-12,14-15H,13H2,1-4H3,(H,23,24). The fourth-order valence-corrected chi connectivity index (χ4v) is 3.13. The van der Waals surface area contributed by atoms with Gasteiger partial charge in [0.05, 0.1) is 0 Å². The zero-order valence-electron chi connectivity index (χ0n) is 14.9. The molecule has 2 nitrogen and oxygen atoms in total. The molecular formula is C22H25NO. The van der Waals surface area contributed by atoms with E-state index in [4.69, 9.17) is 0 Å². The molecule has 0 heterocycles. The van der Waals surface area contributed by atoms with Gasteiger partial charge < -0.3 is 5.32 Å². The number of rotatable bonds is 3. The van der Waals surface area contributed by atoms with Crippen LogP contribution in [0.25, 0.3) is 21.5 Å². The summed E-state index contributed by atoms with van der Waals surface area (Å²) in [5.41, 5.74) is 0.945. The molecule has 0 aliphatic rings. The monoisotopic (exact) mass is 319 g/mol. The van der Waals surface area contributed by atoms with Crippen LogP contribution in [0.2, 0.25) is 0 Å². The molecule has 0 radical (unpaired) electrons. The number of nitrogens with one attached hydrogen (secondary N) is 1. The van der Waals surface area contributed by atoms with Gasteiger partial charge in [-0.2, -0.15) is 0 Å². The molecule has 0 bridgehead atoms. The molecule has 0 aliphatic heterocycles. The third kappa shape index (κ3) is 3.28. The van der Waals surface area contributed by atoms with E-state index in [1.807, 2.05) is 20.8 Å². The zero-order valence-corrected chi connectivity index (χ0v) is 14.9. The first-order valence-electron chi connectivity index (χ1n) is 8.56. The van der Waals surface area contributed by atoms with Crippen LogP contribution in [0.5, 0.6) is 0 Å². The highest BCUT2D eigenvalue weighted by Crippen LogP contribution is 2.29. The molecule has 2 heteroatoms. The van der Waals surface area contributed by atoms with E-state index in [-0.39, 0.29) is 17.4 Å². The van der Waals surface area contributed by atoms with E-state index >= 15 is 0 Å². The average Bonchev–Trinajstić information content (AvgIpc) is 2.53. The minimum atomic E-state index is -0.366. The van der Waals surface area contributed by atoms with Gasteiger partial charge in [-0.3, -0.25) is 4.79 Å². The van der Waals surface area contributed by atoms with Crippen LogP contribution < -0.4 is 5.32 Å². The largest absolute Gasteiger partial charge is 0.353 e. The second-order valence-corrected chi connectivity index (χ2v) is 7.63. The van der Waals surface area contributed by atoms with Gasteiger partial charge in [-0.1, -0.05) is 69.3 Å². The van der Waals surface area contributed by atoms with Gasteiger partial charge in [0.2, 0.25) is 5.91 Å². The number of carbonyl (C=O) groups excluding carboxylic acids is 1. The summed E-state index contributed by atoms with van der Waals surface area (Å²) in [6.45, 7) is 7.92. The van der Waals surface area contributed by atoms with Crippen molar-refractivity contribution < 1.29 is 4.79 Å². The van der Waals surface area contributed by atoms with Gasteiger partial charge in [0.1, 0.15) is 0 Å². The second kappa shape index (κ2) is 6.27. The number of benzene rings is 3. The average molecular weight is 319 g/mol. The van der Waals surface area contributed by atoms with Crippen molar-refractivity contribution in [2.75, 3.05) is 0 Å². The van der Waals surface area contributed by atoms with Crippen molar-refractivity contribution in [3.8, 4) is 0 Å². The van der Waals surface area contributed by atoms with Crippen molar-refractivity contribution in [2.24, 2.45) is 5.41 Å². The molecule has 0 saturated heterocycles. The third-order valence-electron chi connectivity index (χ3n) is 4.45. The van der Waals surface area contributed by atoms with E-state index < -0.39 is 0 Å². The predicted octanol–water partition coefficient (Wildman–Crippen LogP) is 5.09. The molecule has 124 valence electrons. The van der Waals surface area contributed by atoms with E-state index in [1.165, 1.54) is 27.1 Å². The molecule has 1 atom stereocenters. The Labute approximate surface area is 143 Å². The summed E-state index contributed by atoms with van der Waals surface area (Å²) in [6.07, 6.45) is 0.823. The van der Waals surface area contributed by atoms with Crippen LogP contribution in [0, 0.1) is 5.41 Å². The van der Waals surface area contributed by atoms with Crippen molar-refractivity contribution in [2.45, 2.75) is 40.2 Å². The quantitative estimate of drug-likeness (QED) is 0.670. The van der Waals surface area contributed by atoms with Gasteiger partial charge in [0.15, 0.2) is 0 Å². The Kier molecular flexibility index (Phi) is 4.31. The molecule has 24 heavy (non-hydrogen) atoms. The van der Waals surface area contributed by atoms with Gasteiger partial charge in [-0.05, 0) is 46.5 Å². The van der Waals surface area contributed by atoms with Gasteiger partial charge in [0, 0.05) is 11.5 Å². The first kappa shape index (κ1) is 16.5. The molecular weight excluding hydrogens is 294 g/mol. The van der Waals surface area contributed by atoms with E-state index in [0.717, 1.165) is 6.42 Å². The number of hydrogen-bond donors (Lipinski definition) is 1. The molecule has 0 saturated carbocycles. The van der Waals surface area contributed by atoms with Crippen LogP contribution in [0.15, 0.2) is 54.6 Å². The molecule has 0 fully saturated rings. The van der Waals surface area contributed by atoms with Crippen LogP contribution in [0.3, 0.4) is 0 Å². The summed E-state index contributed by atoms with van der Waals surface area (Å²) in [7, 11) is 0. The van der Waals surface area contributed by atoms with Crippen LogP contribution >= 0.6 is 0 Å². The molecule has 0 spiro atoms. The molecule has 3 aromatic carbocycles. The van der Waals surface area contributed by atoms with Crippen molar-refractivity contribution in [1.82, 2.24) is 5.32 Å². The van der Waals surface area contributed by atoms with Gasteiger partial charge in [-0.25, -0.2) is 0 Å². The van der Waals surface area contributed by atoms with Gasteiger partial charge in [0.25, 0.3) is 0 Å². The summed E-state index contributed by atoms with van der Waals surface area (Å²) in [5, 5.41) is 8.20. The normalized spacial score (nSPS) is 13.2. The number of hydrogen-bond acceptors (Lipinski definition) is 1. The second-order valence-electron chi connectivity index (χ2n) is 7.63. The van der Waals surface area contributed by atoms with Gasteiger partial charge >= 0.3 is 0 Å².